The van der Waals surface area contributed by atoms with E-state index in [-0.39, 0.29) is 36.9 Å². The molecule has 3 fully saturated rings. The average molecular weight is 445 g/mol. The summed E-state index contributed by atoms with van der Waals surface area (Å²) < 4.78 is 17.4. The second kappa shape index (κ2) is 7.33. The fourth-order valence-electron chi connectivity index (χ4n) is 4.85. The van der Waals surface area contributed by atoms with E-state index in [4.69, 9.17) is 25.8 Å². The molecule has 6 rings (SSSR count). The first-order valence-corrected chi connectivity index (χ1v) is 11.1. The molecule has 8 heteroatoms. The lowest BCUT2D eigenvalue weighted by Crippen LogP contribution is -2.39. The SMILES string of the molecule is OCC1(c2ccc(-c3cc4c(cc3Cl)NC(OC3CO[C@@H]5C(O)CO[C@H]35)N4)cc2)CC1. The van der Waals surface area contributed by atoms with Crippen LogP contribution in [0.2, 0.25) is 5.02 Å². The number of anilines is 2. The number of fused-ring (bicyclic) bond motifs is 2. The number of nitrogens with one attached hydrogen (secondary N) is 2. The molecule has 3 heterocycles. The van der Waals surface area contributed by atoms with Gasteiger partial charge in [0.25, 0.3) is 0 Å². The van der Waals surface area contributed by atoms with Crippen molar-refractivity contribution in [2.45, 2.75) is 49.0 Å². The zero-order valence-corrected chi connectivity index (χ0v) is 17.6. The lowest BCUT2D eigenvalue weighted by Gasteiger charge is -2.21. The minimum Gasteiger partial charge on any atom is -0.395 e. The number of ether oxygens (including phenoxy) is 3. The van der Waals surface area contributed by atoms with E-state index in [0.717, 1.165) is 35.3 Å². The zero-order valence-electron chi connectivity index (χ0n) is 16.9. The highest BCUT2D eigenvalue weighted by atomic mass is 35.5. The Morgan fingerprint density at radius 3 is 2.45 bits per heavy atom. The highest BCUT2D eigenvalue weighted by molar-refractivity contribution is 6.34. The molecule has 3 unspecified atom stereocenters. The molecule has 2 saturated heterocycles. The van der Waals surface area contributed by atoms with Gasteiger partial charge in [-0.05, 0) is 36.1 Å². The molecule has 164 valence electrons. The van der Waals surface area contributed by atoms with Crippen molar-refractivity contribution in [2.75, 3.05) is 30.5 Å². The maximum absolute atomic E-state index is 9.90. The Kier molecular flexibility index (Phi) is 4.68. The Hall–Kier alpha value is -1.87. The normalized spacial score (nSPS) is 32.3. The van der Waals surface area contributed by atoms with Gasteiger partial charge in [0.2, 0.25) is 6.35 Å². The largest absolute Gasteiger partial charge is 0.395 e. The van der Waals surface area contributed by atoms with E-state index >= 15 is 0 Å². The monoisotopic (exact) mass is 444 g/mol. The molecule has 31 heavy (non-hydrogen) atoms. The number of benzene rings is 2. The maximum atomic E-state index is 9.90. The predicted molar refractivity (Wildman–Crippen MR) is 116 cm³/mol. The summed E-state index contributed by atoms with van der Waals surface area (Å²) >= 11 is 6.60. The Labute approximate surface area is 185 Å². The van der Waals surface area contributed by atoms with Gasteiger partial charge >= 0.3 is 0 Å². The summed E-state index contributed by atoms with van der Waals surface area (Å²) in [6, 6.07) is 12.2. The number of rotatable bonds is 5. The highest BCUT2D eigenvalue weighted by Crippen LogP contribution is 2.48. The summed E-state index contributed by atoms with van der Waals surface area (Å²) in [5.41, 5.74) is 4.87. The number of aliphatic hydroxyl groups excluding tert-OH is 2. The quantitative estimate of drug-likeness (QED) is 0.563. The highest BCUT2D eigenvalue weighted by Gasteiger charge is 2.48. The Balaban J connectivity index is 1.18. The van der Waals surface area contributed by atoms with E-state index in [0.29, 0.717) is 11.6 Å². The lowest BCUT2D eigenvalue weighted by atomic mass is 9.94. The molecular weight excluding hydrogens is 420 g/mol. The summed E-state index contributed by atoms with van der Waals surface area (Å²) in [7, 11) is 0. The number of aliphatic hydroxyl groups is 2. The van der Waals surface area contributed by atoms with Gasteiger partial charge in [0.15, 0.2) is 0 Å². The van der Waals surface area contributed by atoms with Gasteiger partial charge in [-0.15, -0.1) is 0 Å². The van der Waals surface area contributed by atoms with E-state index in [2.05, 4.69) is 34.9 Å². The average Bonchev–Trinajstić information content (AvgIpc) is 3.12. The minimum absolute atomic E-state index is 0.0433. The van der Waals surface area contributed by atoms with Crippen molar-refractivity contribution in [1.82, 2.24) is 0 Å². The number of hydrogen-bond donors (Lipinski definition) is 4. The standard InChI is InChI=1S/C23H25ClN2O5/c24-15-8-17-16(7-14(15)12-1-3-13(4-2-12)23(11-27)5-6-23)25-22(26-17)31-19-10-30-20-18(28)9-29-21(19)20/h1-4,7-8,18-22,25-28H,5-6,9-11H2/t18?,19?,20-,21-,22?/m1/s1. The Morgan fingerprint density at radius 1 is 1.03 bits per heavy atom. The first kappa shape index (κ1) is 19.8. The predicted octanol–water partition coefficient (Wildman–Crippen LogP) is 2.70. The van der Waals surface area contributed by atoms with Gasteiger partial charge in [-0.25, -0.2) is 0 Å². The first-order chi connectivity index (χ1) is 15.1. The molecule has 0 aromatic heterocycles. The van der Waals surface area contributed by atoms with Gasteiger partial charge in [0.05, 0.1) is 36.2 Å². The molecule has 1 aliphatic carbocycles. The van der Waals surface area contributed by atoms with Crippen LogP contribution >= 0.6 is 11.6 Å². The zero-order chi connectivity index (χ0) is 21.2. The van der Waals surface area contributed by atoms with Crippen LogP contribution in [0.4, 0.5) is 11.4 Å². The van der Waals surface area contributed by atoms with E-state index in [1.807, 2.05) is 12.1 Å². The maximum Gasteiger partial charge on any atom is 0.205 e. The van der Waals surface area contributed by atoms with Crippen LogP contribution in [0.15, 0.2) is 36.4 Å². The van der Waals surface area contributed by atoms with Crippen molar-refractivity contribution < 1.29 is 24.4 Å². The summed E-state index contributed by atoms with van der Waals surface area (Å²) in [5, 5.41) is 26.9. The molecule has 2 aromatic carbocycles. The van der Waals surface area contributed by atoms with Gasteiger partial charge in [-0.1, -0.05) is 35.9 Å². The van der Waals surface area contributed by atoms with Crippen LogP contribution in [0, 0.1) is 0 Å². The molecule has 3 aliphatic heterocycles. The fraction of sp³-hybridized carbons (Fsp3) is 0.478. The Bertz CT molecular complexity index is 996. The van der Waals surface area contributed by atoms with Crippen molar-refractivity contribution in [1.29, 1.82) is 0 Å². The third-order valence-corrected chi connectivity index (χ3v) is 7.25. The van der Waals surface area contributed by atoms with E-state index in [9.17, 15) is 10.2 Å². The topological polar surface area (TPSA) is 92.2 Å². The molecule has 1 saturated carbocycles. The molecule has 4 N–H and O–H groups in total. The van der Waals surface area contributed by atoms with E-state index in [1.165, 1.54) is 5.56 Å². The minimum atomic E-state index is -0.597. The third kappa shape index (κ3) is 3.31. The molecule has 0 amide bonds. The fourth-order valence-corrected chi connectivity index (χ4v) is 5.12. The van der Waals surface area contributed by atoms with Crippen molar-refractivity contribution >= 4 is 23.0 Å². The van der Waals surface area contributed by atoms with E-state index in [1.54, 1.807) is 0 Å². The lowest BCUT2D eigenvalue weighted by molar-refractivity contribution is -0.0542. The van der Waals surface area contributed by atoms with Crippen LogP contribution < -0.4 is 10.6 Å². The molecule has 0 spiro atoms. The van der Waals surface area contributed by atoms with Crippen LogP contribution in [-0.4, -0.2) is 60.8 Å². The van der Waals surface area contributed by atoms with Crippen molar-refractivity contribution in [3.63, 3.8) is 0 Å². The van der Waals surface area contributed by atoms with Crippen LogP contribution in [0.1, 0.15) is 18.4 Å². The number of hydrogen-bond acceptors (Lipinski definition) is 7. The second-order valence-electron chi connectivity index (χ2n) is 8.90. The molecule has 7 nitrogen and oxygen atoms in total. The Morgan fingerprint density at radius 2 is 1.74 bits per heavy atom. The second-order valence-corrected chi connectivity index (χ2v) is 9.31. The summed E-state index contributed by atoms with van der Waals surface area (Å²) in [6.07, 6.45) is 0.211. The molecular formula is C23H25ClN2O5. The molecule has 4 aliphatic rings. The van der Waals surface area contributed by atoms with Crippen LogP contribution in [-0.2, 0) is 19.6 Å². The van der Waals surface area contributed by atoms with Crippen LogP contribution in [0.5, 0.6) is 0 Å². The molecule has 5 atom stereocenters. The molecule has 2 aromatic rings. The molecule has 0 bridgehead atoms. The van der Waals surface area contributed by atoms with Gasteiger partial charge in [0.1, 0.15) is 24.4 Å². The smallest absolute Gasteiger partial charge is 0.205 e. The number of halogens is 1. The van der Waals surface area contributed by atoms with Gasteiger partial charge in [-0.3, -0.25) is 0 Å². The van der Waals surface area contributed by atoms with Crippen molar-refractivity contribution in [2.24, 2.45) is 0 Å². The summed E-state index contributed by atoms with van der Waals surface area (Å²) in [6.45, 7) is 0.856. The van der Waals surface area contributed by atoms with E-state index < -0.39 is 12.5 Å². The van der Waals surface area contributed by atoms with Crippen molar-refractivity contribution in [3.8, 4) is 11.1 Å². The first-order valence-electron chi connectivity index (χ1n) is 10.7. The third-order valence-electron chi connectivity index (χ3n) is 6.94. The van der Waals surface area contributed by atoms with Gasteiger partial charge < -0.3 is 35.1 Å². The summed E-state index contributed by atoms with van der Waals surface area (Å²) in [4.78, 5) is 0. The molecule has 0 radical (unpaired) electrons. The van der Waals surface area contributed by atoms with Crippen LogP contribution in [0.3, 0.4) is 0 Å². The van der Waals surface area contributed by atoms with Crippen molar-refractivity contribution in [3.05, 3.63) is 47.0 Å². The van der Waals surface area contributed by atoms with Gasteiger partial charge in [0, 0.05) is 11.0 Å². The van der Waals surface area contributed by atoms with Gasteiger partial charge in [-0.2, -0.15) is 0 Å². The van der Waals surface area contributed by atoms with Crippen LogP contribution in [0.25, 0.3) is 11.1 Å². The summed E-state index contributed by atoms with van der Waals surface area (Å²) in [5.74, 6) is 0.